The molecule has 4 rings (SSSR count). The van der Waals surface area contributed by atoms with E-state index in [0.29, 0.717) is 5.82 Å². The van der Waals surface area contributed by atoms with Crippen molar-refractivity contribution < 1.29 is 4.79 Å². The second-order valence-corrected chi connectivity index (χ2v) is 8.13. The molecule has 33 heavy (non-hydrogen) atoms. The van der Waals surface area contributed by atoms with Crippen molar-refractivity contribution in [3.63, 3.8) is 0 Å². The second-order valence-electron chi connectivity index (χ2n) is 8.13. The lowest BCUT2D eigenvalue weighted by atomic mass is 10.2. The van der Waals surface area contributed by atoms with Gasteiger partial charge in [0.25, 0.3) is 0 Å². The van der Waals surface area contributed by atoms with Gasteiger partial charge in [0, 0.05) is 43.7 Å². The van der Waals surface area contributed by atoms with Crippen LogP contribution in [0.2, 0.25) is 0 Å². The number of benzene rings is 2. The van der Waals surface area contributed by atoms with Crippen LogP contribution in [0, 0.1) is 0 Å². The van der Waals surface area contributed by atoms with Gasteiger partial charge in [-0.25, -0.2) is 9.97 Å². The number of imidazole rings is 1. The molecule has 0 atom stereocenters. The summed E-state index contributed by atoms with van der Waals surface area (Å²) in [6, 6.07) is 15.7. The van der Waals surface area contributed by atoms with Crippen LogP contribution in [0.5, 0.6) is 0 Å². The summed E-state index contributed by atoms with van der Waals surface area (Å²) >= 11 is 0. The maximum absolute atomic E-state index is 10.5. The fourth-order valence-corrected chi connectivity index (χ4v) is 3.98. The summed E-state index contributed by atoms with van der Waals surface area (Å²) in [5, 5.41) is 4.33. The third kappa shape index (κ3) is 5.49. The monoisotopic (exact) mass is 446 g/mol. The highest BCUT2D eigenvalue weighted by Crippen LogP contribution is 2.29. The molecule has 0 unspecified atom stereocenters. The standard InChI is InChI=1S/C17H23N5.C9H11NO/c1-3-14-21-15-16(22(14)11-7-6-10-19-2)12-8-4-5-9-13(12)20-17(15)18;1-10(2)9-6-4-3-5-8(9)7-11/h4-5,8-9,19H,3,6-7,10-11H2,1-2H3,(H2,18,20);3-7H,1-2H3. The van der Waals surface area contributed by atoms with Gasteiger partial charge in [-0.3, -0.25) is 4.79 Å². The number of aryl methyl sites for hydroxylation is 2. The number of nitrogens with zero attached hydrogens (tertiary/aromatic N) is 4. The zero-order chi connectivity index (χ0) is 23.8. The van der Waals surface area contributed by atoms with E-state index in [0.717, 1.165) is 77.6 Å². The number of nitrogens with two attached hydrogens (primary N) is 1. The van der Waals surface area contributed by atoms with E-state index in [2.05, 4.69) is 27.9 Å². The van der Waals surface area contributed by atoms with Crippen molar-refractivity contribution in [3.05, 3.63) is 59.9 Å². The van der Waals surface area contributed by atoms with Crippen molar-refractivity contribution in [1.29, 1.82) is 0 Å². The van der Waals surface area contributed by atoms with E-state index in [1.54, 1.807) is 0 Å². The Morgan fingerprint density at radius 2 is 1.79 bits per heavy atom. The van der Waals surface area contributed by atoms with Crippen LogP contribution < -0.4 is 16.0 Å². The van der Waals surface area contributed by atoms with Crippen LogP contribution in [0.15, 0.2) is 48.5 Å². The van der Waals surface area contributed by atoms with Crippen LogP contribution in [-0.4, -0.2) is 48.5 Å². The second kappa shape index (κ2) is 11.4. The first-order valence-corrected chi connectivity index (χ1v) is 11.4. The topological polar surface area (TPSA) is 89.1 Å². The number of rotatable bonds is 8. The lowest BCUT2D eigenvalue weighted by Gasteiger charge is -2.13. The number of carbonyl (C=O) groups excluding carboxylic acids is 1. The third-order valence-corrected chi connectivity index (χ3v) is 5.61. The van der Waals surface area contributed by atoms with Crippen LogP contribution in [0.3, 0.4) is 0 Å². The molecule has 7 heteroatoms. The van der Waals surface area contributed by atoms with Crippen LogP contribution in [0.4, 0.5) is 11.5 Å². The number of pyridine rings is 1. The molecule has 3 N–H and O–H groups in total. The van der Waals surface area contributed by atoms with E-state index in [1.165, 1.54) is 0 Å². The number of carbonyl (C=O) groups is 1. The maximum Gasteiger partial charge on any atom is 0.152 e. The maximum atomic E-state index is 10.5. The van der Waals surface area contributed by atoms with E-state index in [-0.39, 0.29) is 0 Å². The Morgan fingerprint density at radius 1 is 1.06 bits per heavy atom. The average molecular weight is 447 g/mol. The molecule has 0 fully saturated rings. The Hall–Kier alpha value is -3.45. The summed E-state index contributed by atoms with van der Waals surface area (Å²) in [5.74, 6) is 1.61. The van der Waals surface area contributed by atoms with Crippen LogP contribution >= 0.6 is 0 Å². The summed E-state index contributed by atoms with van der Waals surface area (Å²) in [7, 11) is 5.83. The molecule has 2 aromatic heterocycles. The molecule has 0 bridgehead atoms. The lowest BCUT2D eigenvalue weighted by Crippen LogP contribution is -2.10. The molecule has 0 spiro atoms. The summed E-state index contributed by atoms with van der Waals surface area (Å²) in [5.41, 5.74) is 10.7. The highest BCUT2D eigenvalue weighted by Gasteiger charge is 2.15. The molecular weight excluding hydrogens is 412 g/mol. The highest BCUT2D eigenvalue weighted by molar-refractivity contribution is 6.06. The summed E-state index contributed by atoms with van der Waals surface area (Å²) in [6.07, 6.45) is 4.04. The zero-order valence-corrected chi connectivity index (χ0v) is 20.0. The number of hydrogen-bond donors (Lipinski definition) is 2. The van der Waals surface area contributed by atoms with Crippen LogP contribution in [0.25, 0.3) is 21.9 Å². The van der Waals surface area contributed by atoms with Gasteiger partial charge in [0.2, 0.25) is 0 Å². The van der Waals surface area contributed by atoms with Crippen molar-refractivity contribution >= 4 is 39.7 Å². The van der Waals surface area contributed by atoms with Crippen molar-refractivity contribution in [1.82, 2.24) is 19.9 Å². The first-order valence-electron chi connectivity index (χ1n) is 11.4. The van der Waals surface area contributed by atoms with Gasteiger partial charge in [-0.2, -0.15) is 0 Å². The highest BCUT2D eigenvalue weighted by atomic mass is 16.1. The average Bonchev–Trinajstić information content (AvgIpc) is 3.22. The van der Waals surface area contributed by atoms with Gasteiger partial charge in [-0.05, 0) is 44.6 Å². The van der Waals surface area contributed by atoms with Gasteiger partial charge < -0.3 is 20.5 Å². The molecule has 0 saturated carbocycles. The van der Waals surface area contributed by atoms with E-state index in [4.69, 9.17) is 10.7 Å². The predicted octanol–water partition coefficient (Wildman–Crippen LogP) is 4.29. The number of anilines is 2. The number of nitrogen functional groups attached to an aromatic ring is 1. The first kappa shape index (κ1) is 24.2. The number of fused-ring (bicyclic) bond motifs is 3. The van der Waals surface area contributed by atoms with Gasteiger partial charge in [0.15, 0.2) is 12.1 Å². The zero-order valence-electron chi connectivity index (χ0n) is 20.0. The summed E-state index contributed by atoms with van der Waals surface area (Å²) in [6.45, 7) is 4.14. The summed E-state index contributed by atoms with van der Waals surface area (Å²) < 4.78 is 2.32. The Kier molecular flexibility index (Phi) is 8.38. The normalized spacial score (nSPS) is 10.8. The molecule has 174 valence electrons. The molecule has 2 heterocycles. The smallest absolute Gasteiger partial charge is 0.152 e. The lowest BCUT2D eigenvalue weighted by molar-refractivity contribution is 0.112. The molecular formula is C26H34N6O. The molecule has 4 aromatic rings. The van der Waals surface area contributed by atoms with Crippen molar-refractivity contribution in [2.45, 2.75) is 32.7 Å². The van der Waals surface area contributed by atoms with E-state index in [1.807, 2.05) is 68.5 Å². The molecule has 0 aliphatic carbocycles. The number of nitrogens with one attached hydrogen (secondary N) is 1. The van der Waals surface area contributed by atoms with E-state index < -0.39 is 0 Å². The van der Waals surface area contributed by atoms with Gasteiger partial charge in [-0.15, -0.1) is 0 Å². The fraction of sp³-hybridized carbons (Fsp3) is 0.346. The Labute approximate surface area is 195 Å². The minimum atomic E-state index is 0.525. The van der Waals surface area contributed by atoms with Crippen molar-refractivity contribution in [2.24, 2.45) is 0 Å². The number of aromatic nitrogens is 3. The van der Waals surface area contributed by atoms with Crippen molar-refractivity contribution in [2.75, 3.05) is 38.3 Å². The summed E-state index contributed by atoms with van der Waals surface area (Å²) in [4.78, 5) is 21.7. The van der Waals surface area contributed by atoms with Gasteiger partial charge in [0.05, 0.1) is 11.0 Å². The molecule has 2 aromatic carbocycles. The van der Waals surface area contributed by atoms with Crippen LogP contribution in [-0.2, 0) is 13.0 Å². The largest absolute Gasteiger partial charge is 0.382 e. The number of aldehydes is 1. The predicted molar refractivity (Wildman–Crippen MR) is 138 cm³/mol. The molecule has 0 amide bonds. The third-order valence-electron chi connectivity index (χ3n) is 5.61. The Balaban J connectivity index is 0.000000235. The Bertz CT molecular complexity index is 1210. The first-order chi connectivity index (χ1) is 16.0. The SMILES string of the molecule is CCc1nc2c(N)nc3ccccc3c2n1CCCCNC.CN(C)c1ccccc1C=O. The minimum Gasteiger partial charge on any atom is -0.382 e. The van der Waals surface area contributed by atoms with E-state index >= 15 is 0 Å². The molecule has 7 nitrogen and oxygen atoms in total. The Morgan fingerprint density at radius 3 is 2.45 bits per heavy atom. The van der Waals surface area contributed by atoms with Crippen LogP contribution in [0.1, 0.15) is 35.9 Å². The number of hydrogen-bond acceptors (Lipinski definition) is 6. The van der Waals surface area contributed by atoms with Gasteiger partial charge >= 0.3 is 0 Å². The van der Waals surface area contributed by atoms with Gasteiger partial charge in [0.1, 0.15) is 11.3 Å². The van der Waals surface area contributed by atoms with Crippen molar-refractivity contribution in [3.8, 4) is 0 Å². The fourth-order valence-electron chi connectivity index (χ4n) is 3.98. The molecule has 0 radical (unpaired) electrons. The molecule has 0 saturated heterocycles. The van der Waals surface area contributed by atoms with Gasteiger partial charge in [-0.1, -0.05) is 37.3 Å². The number of para-hydroxylation sites is 2. The number of unbranched alkanes of at least 4 members (excludes halogenated alkanes) is 1. The molecule has 0 aliphatic heterocycles. The quantitative estimate of drug-likeness (QED) is 0.310. The minimum absolute atomic E-state index is 0.525. The molecule has 0 aliphatic rings. The van der Waals surface area contributed by atoms with E-state index in [9.17, 15) is 4.79 Å².